The molecule has 34 heavy (non-hydrogen) atoms. The number of halogens is 1. The van der Waals surface area contributed by atoms with Gasteiger partial charge in [0, 0.05) is 24.7 Å². The maximum Gasteiger partial charge on any atom is 0.340 e. The van der Waals surface area contributed by atoms with Crippen molar-refractivity contribution in [2.75, 3.05) is 19.8 Å². The van der Waals surface area contributed by atoms with Crippen LogP contribution in [0, 0.1) is 23.6 Å². The molecule has 1 heterocycles. The summed E-state index contributed by atoms with van der Waals surface area (Å²) in [5, 5.41) is 30.0. The number of hydrogen-bond donors (Lipinski definition) is 3. The summed E-state index contributed by atoms with van der Waals surface area (Å²) in [6, 6.07) is 5.96. The van der Waals surface area contributed by atoms with Crippen molar-refractivity contribution in [2.24, 2.45) is 17.8 Å². The molecule has 0 aromatic heterocycles. The highest BCUT2D eigenvalue weighted by atomic mass is 19.1. The molecule has 1 saturated heterocycles. The Morgan fingerprint density at radius 1 is 1.29 bits per heavy atom. The minimum Gasteiger partial charge on any atom is -0.487 e. The molecule has 8 nitrogen and oxygen atoms in total. The van der Waals surface area contributed by atoms with Gasteiger partial charge in [0.15, 0.2) is 17.3 Å². The van der Waals surface area contributed by atoms with Crippen molar-refractivity contribution in [3.63, 3.8) is 0 Å². The number of fused-ring (bicyclic) bond motifs is 1. The SMILES string of the molecule is CCC(=O)C(OC[C@@H]1CC[C@@H]2[C@@H](/C=C/[C@@H](O)COc3ccccc3F)[C@H](O)C[C@@H]2OC1)C(=O)O. The number of ketones is 1. The van der Waals surface area contributed by atoms with E-state index in [4.69, 9.17) is 14.2 Å². The minimum absolute atomic E-state index is 0.0310. The Kier molecular flexibility index (Phi) is 9.58. The largest absolute Gasteiger partial charge is 0.487 e. The average Bonchev–Trinajstić information content (AvgIpc) is 2.97. The maximum atomic E-state index is 13.6. The van der Waals surface area contributed by atoms with Crippen LogP contribution >= 0.6 is 0 Å². The molecule has 0 spiro atoms. The van der Waals surface area contributed by atoms with Gasteiger partial charge in [0.2, 0.25) is 6.10 Å². The third-order valence-electron chi connectivity index (χ3n) is 6.51. The van der Waals surface area contributed by atoms with Crippen LogP contribution in [0.3, 0.4) is 0 Å². The van der Waals surface area contributed by atoms with Gasteiger partial charge in [0.1, 0.15) is 12.7 Å². The van der Waals surface area contributed by atoms with E-state index in [1.54, 1.807) is 31.2 Å². The molecule has 2 aliphatic rings. The van der Waals surface area contributed by atoms with Crippen LogP contribution in [-0.2, 0) is 19.1 Å². The Labute approximate surface area is 198 Å². The number of para-hydroxylation sites is 1. The standard InChI is InChI=1S/C25H33FO8/c1-2-20(28)24(25(30)31)34-13-15-7-9-18-17(21(29)11-23(18)32-12-15)10-8-16(27)14-33-22-6-4-3-5-19(22)26/h3-6,8,10,15-18,21,23-24,27,29H,2,7,9,11-14H2,1H3,(H,30,31)/b10-8+/t15-,16-,17-,18-,21-,23+,24?/m1/s1. The predicted octanol–water partition coefficient (Wildman–Crippen LogP) is 2.36. The molecule has 0 bridgehead atoms. The molecule has 0 radical (unpaired) electrons. The number of carbonyl (C=O) groups excluding carboxylic acids is 1. The molecule has 1 aromatic carbocycles. The van der Waals surface area contributed by atoms with E-state index in [9.17, 15) is 29.3 Å². The molecule has 188 valence electrons. The van der Waals surface area contributed by atoms with Gasteiger partial charge in [-0.3, -0.25) is 4.79 Å². The molecule has 1 aromatic rings. The molecule has 3 N–H and O–H groups in total. The first-order valence-corrected chi connectivity index (χ1v) is 11.7. The highest BCUT2D eigenvalue weighted by Gasteiger charge is 2.43. The van der Waals surface area contributed by atoms with Crippen molar-refractivity contribution >= 4 is 11.8 Å². The summed E-state index contributed by atoms with van der Waals surface area (Å²) in [5.74, 6) is -2.44. The van der Waals surface area contributed by atoms with Crippen molar-refractivity contribution in [3.8, 4) is 5.75 Å². The number of ether oxygens (including phenoxy) is 3. The monoisotopic (exact) mass is 480 g/mol. The first-order valence-electron chi connectivity index (χ1n) is 11.7. The normalized spacial score (nSPS) is 28.8. The van der Waals surface area contributed by atoms with E-state index in [0.29, 0.717) is 19.4 Å². The second-order valence-corrected chi connectivity index (χ2v) is 8.92. The highest BCUT2D eigenvalue weighted by Crippen LogP contribution is 2.41. The lowest BCUT2D eigenvalue weighted by Gasteiger charge is -2.21. The quantitative estimate of drug-likeness (QED) is 0.326. The zero-order valence-electron chi connectivity index (χ0n) is 19.2. The van der Waals surface area contributed by atoms with Gasteiger partial charge in [-0.1, -0.05) is 31.2 Å². The first-order chi connectivity index (χ1) is 16.3. The van der Waals surface area contributed by atoms with Crippen LogP contribution < -0.4 is 4.74 Å². The second kappa shape index (κ2) is 12.4. The highest BCUT2D eigenvalue weighted by molar-refractivity contribution is 6.01. The van der Waals surface area contributed by atoms with Crippen LogP contribution in [0.25, 0.3) is 0 Å². The molecule has 1 aliphatic carbocycles. The van der Waals surface area contributed by atoms with Crippen LogP contribution in [0.5, 0.6) is 5.75 Å². The maximum absolute atomic E-state index is 13.6. The van der Waals surface area contributed by atoms with Crippen molar-refractivity contribution < 1.29 is 43.5 Å². The number of hydrogen-bond acceptors (Lipinski definition) is 7. The number of carbonyl (C=O) groups is 2. The van der Waals surface area contributed by atoms with Crippen LogP contribution in [-0.4, -0.2) is 71.3 Å². The Morgan fingerprint density at radius 3 is 2.76 bits per heavy atom. The third-order valence-corrected chi connectivity index (χ3v) is 6.51. The first kappa shape index (κ1) is 26.3. The number of aliphatic hydroxyl groups is 2. The predicted molar refractivity (Wildman–Crippen MR) is 120 cm³/mol. The van der Waals surface area contributed by atoms with Gasteiger partial charge < -0.3 is 29.5 Å². The summed E-state index contributed by atoms with van der Waals surface area (Å²) in [4.78, 5) is 23.1. The molecule has 1 saturated carbocycles. The molecule has 9 heteroatoms. The summed E-state index contributed by atoms with van der Waals surface area (Å²) < 4.78 is 30.4. The van der Waals surface area contributed by atoms with E-state index in [0.717, 1.165) is 6.42 Å². The molecule has 2 fully saturated rings. The van der Waals surface area contributed by atoms with Crippen molar-refractivity contribution in [3.05, 3.63) is 42.2 Å². The fourth-order valence-corrected chi connectivity index (χ4v) is 4.62. The zero-order valence-corrected chi connectivity index (χ0v) is 19.2. The van der Waals surface area contributed by atoms with Crippen LogP contribution in [0.2, 0.25) is 0 Å². The van der Waals surface area contributed by atoms with E-state index in [2.05, 4.69) is 0 Å². The zero-order chi connectivity index (χ0) is 24.7. The summed E-state index contributed by atoms with van der Waals surface area (Å²) in [7, 11) is 0. The summed E-state index contributed by atoms with van der Waals surface area (Å²) in [6.45, 7) is 1.94. The number of aliphatic hydroxyl groups excluding tert-OH is 2. The smallest absolute Gasteiger partial charge is 0.340 e. The van der Waals surface area contributed by atoms with Gasteiger partial charge >= 0.3 is 5.97 Å². The lowest BCUT2D eigenvalue weighted by molar-refractivity contribution is -0.157. The Bertz CT molecular complexity index is 859. The van der Waals surface area contributed by atoms with Gasteiger partial charge in [0.25, 0.3) is 0 Å². The molecule has 0 amide bonds. The number of rotatable bonds is 11. The van der Waals surface area contributed by atoms with Crippen LogP contribution in [0.1, 0.15) is 32.6 Å². The summed E-state index contributed by atoms with van der Waals surface area (Å²) in [5.41, 5.74) is 0. The van der Waals surface area contributed by atoms with E-state index in [1.807, 2.05) is 0 Å². The lowest BCUT2D eigenvalue weighted by atomic mass is 9.87. The lowest BCUT2D eigenvalue weighted by Crippen LogP contribution is -2.34. The number of carboxylic acids is 1. The third kappa shape index (κ3) is 6.85. The number of benzene rings is 1. The van der Waals surface area contributed by atoms with Crippen molar-refractivity contribution in [2.45, 2.75) is 57.0 Å². The van der Waals surface area contributed by atoms with Gasteiger partial charge in [-0.2, -0.15) is 0 Å². The fourth-order valence-electron chi connectivity index (χ4n) is 4.62. The summed E-state index contributed by atoms with van der Waals surface area (Å²) in [6.07, 6.45) is 2.09. The Balaban J connectivity index is 1.52. The molecular formula is C25H33FO8. The van der Waals surface area contributed by atoms with Crippen LogP contribution in [0.15, 0.2) is 36.4 Å². The van der Waals surface area contributed by atoms with E-state index >= 15 is 0 Å². The number of aliphatic carboxylic acids is 1. The summed E-state index contributed by atoms with van der Waals surface area (Å²) >= 11 is 0. The molecule has 7 atom stereocenters. The van der Waals surface area contributed by atoms with E-state index in [-0.39, 0.29) is 49.2 Å². The second-order valence-electron chi connectivity index (χ2n) is 8.92. The van der Waals surface area contributed by atoms with Crippen molar-refractivity contribution in [1.82, 2.24) is 0 Å². The van der Waals surface area contributed by atoms with E-state index in [1.165, 1.54) is 12.1 Å². The Hall–Kier alpha value is -2.33. The van der Waals surface area contributed by atoms with Gasteiger partial charge in [-0.15, -0.1) is 0 Å². The minimum atomic E-state index is -1.46. The average molecular weight is 481 g/mol. The van der Waals surface area contributed by atoms with E-state index < -0.39 is 35.9 Å². The Morgan fingerprint density at radius 2 is 2.06 bits per heavy atom. The molecule has 1 unspecified atom stereocenters. The van der Waals surface area contributed by atoms with Crippen LogP contribution in [0.4, 0.5) is 4.39 Å². The molecule has 1 aliphatic heterocycles. The van der Waals surface area contributed by atoms with Gasteiger partial charge in [0.05, 0.1) is 25.4 Å². The van der Waals surface area contributed by atoms with Gasteiger partial charge in [-0.05, 0) is 30.9 Å². The number of carboxylic acid groups (broad SMARTS) is 1. The topological polar surface area (TPSA) is 123 Å². The van der Waals surface area contributed by atoms with Gasteiger partial charge in [-0.25, -0.2) is 9.18 Å². The molecule has 3 rings (SSSR count). The van der Waals surface area contributed by atoms with Crippen molar-refractivity contribution in [1.29, 1.82) is 0 Å². The fraction of sp³-hybridized carbons (Fsp3) is 0.600. The number of Topliss-reactive ketones (excluding diaryl/α,β-unsaturated/α-hetero) is 1. The molecular weight excluding hydrogens is 447 g/mol.